The third kappa shape index (κ3) is 2.22. The highest BCUT2D eigenvalue weighted by Gasteiger charge is 2.08. The summed E-state index contributed by atoms with van der Waals surface area (Å²) < 4.78 is 28.3. The van der Waals surface area contributed by atoms with Crippen LogP contribution in [0.3, 0.4) is 0 Å². The van der Waals surface area contributed by atoms with E-state index in [0.29, 0.717) is 16.9 Å². The van der Waals surface area contributed by atoms with Crippen molar-refractivity contribution in [2.24, 2.45) is 0 Å². The quantitative estimate of drug-likeness (QED) is 0.705. The van der Waals surface area contributed by atoms with Crippen LogP contribution in [-0.2, 0) is 0 Å². The number of benzene rings is 1. The van der Waals surface area contributed by atoms with Gasteiger partial charge in [-0.2, -0.15) is 5.10 Å². The Morgan fingerprint density at radius 1 is 1.05 bits per heavy atom. The van der Waals surface area contributed by atoms with Gasteiger partial charge in [0.15, 0.2) is 5.82 Å². The molecule has 0 fully saturated rings. The van der Waals surface area contributed by atoms with Gasteiger partial charge in [-0.3, -0.25) is 0 Å². The largest absolute Gasteiger partial charge is 0.307 e. The summed E-state index contributed by atoms with van der Waals surface area (Å²) in [6, 6.07) is 8.82. The van der Waals surface area contributed by atoms with Crippen molar-refractivity contribution in [2.45, 2.75) is 0 Å². The van der Waals surface area contributed by atoms with E-state index in [1.54, 1.807) is 41.4 Å². The molecule has 3 nitrogen and oxygen atoms in total. The molecule has 0 amide bonds. The van der Waals surface area contributed by atoms with Crippen LogP contribution in [-0.4, -0.2) is 14.8 Å². The number of nitrogens with zero attached hydrogens (tertiary/aromatic N) is 3. The molecule has 0 atom stereocenters. The van der Waals surface area contributed by atoms with Crippen molar-refractivity contribution in [1.82, 2.24) is 14.8 Å². The Bertz CT molecular complexity index is 708. The van der Waals surface area contributed by atoms with Gasteiger partial charge < -0.3 is 4.57 Å². The van der Waals surface area contributed by atoms with Crippen molar-refractivity contribution in [3.8, 4) is 16.9 Å². The summed E-state index contributed by atoms with van der Waals surface area (Å²) in [7, 11) is 0. The summed E-state index contributed by atoms with van der Waals surface area (Å²) >= 11 is 0. The first-order valence-corrected chi connectivity index (χ1v) is 5.65. The van der Waals surface area contributed by atoms with E-state index in [4.69, 9.17) is 0 Å². The van der Waals surface area contributed by atoms with Gasteiger partial charge in [-0.05, 0) is 30.3 Å². The summed E-state index contributed by atoms with van der Waals surface area (Å²) in [4.78, 5) is 0. The standard InChI is InChI=1S/C14H9F2N3/c15-11-3-4-12(13(16)8-11)10-5-7-19(9-10)14-2-1-6-17-18-14/h1-9H. The molecule has 0 unspecified atom stereocenters. The van der Waals surface area contributed by atoms with E-state index in [-0.39, 0.29) is 0 Å². The normalized spacial score (nSPS) is 10.6. The zero-order valence-electron chi connectivity index (χ0n) is 9.79. The molecule has 0 spiro atoms. The molecule has 1 aromatic carbocycles. The maximum absolute atomic E-state index is 13.7. The van der Waals surface area contributed by atoms with Crippen molar-refractivity contribution in [2.75, 3.05) is 0 Å². The summed E-state index contributed by atoms with van der Waals surface area (Å²) in [5, 5.41) is 7.73. The summed E-state index contributed by atoms with van der Waals surface area (Å²) in [5.41, 5.74) is 1.01. The second kappa shape index (κ2) is 4.61. The Balaban J connectivity index is 2.02. The predicted molar refractivity (Wildman–Crippen MR) is 66.7 cm³/mol. The Morgan fingerprint density at radius 3 is 2.68 bits per heavy atom. The van der Waals surface area contributed by atoms with Crippen LogP contribution in [0.5, 0.6) is 0 Å². The smallest absolute Gasteiger partial charge is 0.159 e. The molecule has 2 aromatic heterocycles. The zero-order chi connectivity index (χ0) is 13.2. The van der Waals surface area contributed by atoms with E-state index in [9.17, 15) is 8.78 Å². The maximum atomic E-state index is 13.7. The molecule has 0 saturated carbocycles. The number of hydrogen-bond donors (Lipinski definition) is 0. The van der Waals surface area contributed by atoms with Gasteiger partial charge >= 0.3 is 0 Å². The molecule has 3 aromatic rings. The first kappa shape index (κ1) is 11.5. The molecule has 94 valence electrons. The van der Waals surface area contributed by atoms with E-state index < -0.39 is 11.6 Å². The first-order chi connectivity index (χ1) is 9.24. The summed E-state index contributed by atoms with van der Waals surface area (Å²) in [6.45, 7) is 0. The van der Waals surface area contributed by atoms with Crippen molar-refractivity contribution in [3.05, 3.63) is 66.6 Å². The van der Waals surface area contributed by atoms with Crippen LogP contribution in [0.2, 0.25) is 0 Å². The molecule has 0 bridgehead atoms. The topological polar surface area (TPSA) is 30.7 Å². The van der Waals surface area contributed by atoms with Crippen molar-refractivity contribution in [1.29, 1.82) is 0 Å². The van der Waals surface area contributed by atoms with Gasteiger partial charge in [0.2, 0.25) is 0 Å². The van der Waals surface area contributed by atoms with Gasteiger partial charge in [-0.25, -0.2) is 8.78 Å². The Morgan fingerprint density at radius 2 is 1.95 bits per heavy atom. The Kier molecular flexibility index (Phi) is 2.79. The van der Waals surface area contributed by atoms with Crippen LogP contribution in [0, 0.1) is 11.6 Å². The lowest BCUT2D eigenvalue weighted by Crippen LogP contribution is -1.94. The molecule has 0 aliphatic heterocycles. The van der Waals surface area contributed by atoms with Gasteiger partial charge in [0, 0.05) is 35.8 Å². The van der Waals surface area contributed by atoms with Crippen LogP contribution in [0.15, 0.2) is 55.0 Å². The minimum atomic E-state index is -0.588. The van der Waals surface area contributed by atoms with Crippen LogP contribution in [0.4, 0.5) is 8.78 Å². The van der Waals surface area contributed by atoms with E-state index in [2.05, 4.69) is 10.2 Å². The molecule has 5 heteroatoms. The average molecular weight is 257 g/mol. The minimum absolute atomic E-state index is 0.351. The average Bonchev–Trinajstić information content (AvgIpc) is 2.89. The Labute approximate surface area is 108 Å². The lowest BCUT2D eigenvalue weighted by Gasteiger charge is -2.01. The highest BCUT2D eigenvalue weighted by Crippen LogP contribution is 2.24. The SMILES string of the molecule is Fc1ccc(-c2ccn(-c3cccnn3)c2)c(F)c1. The predicted octanol–water partition coefficient (Wildman–Crippen LogP) is 3.21. The van der Waals surface area contributed by atoms with E-state index >= 15 is 0 Å². The van der Waals surface area contributed by atoms with Gasteiger partial charge in [0.25, 0.3) is 0 Å². The molecule has 0 N–H and O–H groups in total. The van der Waals surface area contributed by atoms with Crippen LogP contribution < -0.4 is 0 Å². The second-order valence-corrected chi connectivity index (χ2v) is 4.01. The number of halogens is 2. The van der Waals surface area contributed by atoms with Gasteiger partial charge in [0.1, 0.15) is 11.6 Å². The molecule has 3 rings (SSSR count). The molecular formula is C14H9F2N3. The third-order valence-electron chi connectivity index (χ3n) is 2.76. The first-order valence-electron chi connectivity index (χ1n) is 5.65. The fourth-order valence-corrected chi connectivity index (χ4v) is 1.85. The lowest BCUT2D eigenvalue weighted by molar-refractivity contribution is 0.585. The van der Waals surface area contributed by atoms with Crippen LogP contribution in [0.25, 0.3) is 16.9 Å². The third-order valence-corrected chi connectivity index (χ3v) is 2.76. The van der Waals surface area contributed by atoms with E-state index in [1.165, 1.54) is 12.1 Å². The molecule has 2 heterocycles. The summed E-state index contributed by atoms with van der Waals surface area (Å²) in [5.74, 6) is -0.539. The number of aromatic nitrogens is 3. The fourth-order valence-electron chi connectivity index (χ4n) is 1.85. The van der Waals surface area contributed by atoms with E-state index in [0.717, 1.165) is 6.07 Å². The molecule has 19 heavy (non-hydrogen) atoms. The molecule has 0 saturated heterocycles. The summed E-state index contributed by atoms with van der Waals surface area (Å²) in [6.07, 6.45) is 5.05. The lowest BCUT2D eigenvalue weighted by atomic mass is 10.1. The maximum Gasteiger partial charge on any atom is 0.159 e. The number of rotatable bonds is 2. The van der Waals surface area contributed by atoms with E-state index in [1.807, 2.05) is 0 Å². The van der Waals surface area contributed by atoms with Crippen LogP contribution in [0.1, 0.15) is 0 Å². The monoisotopic (exact) mass is 257 g/mol. The number of hydrogen-bond acceptors (Lipinski definition) is 2. The highest BCUT2D eigenvalue weighted by atomic mass is 19.1. The Hall–Kier alpha value is -2.56. The second-order valence-electron chi connectivity index (χ2n) is 4.01. The van der Waals surface area contributed by atoms with Crippen molar-refractivity contribution >= 4 is 0 Å². The molecule has 0 radical (unpaired) electrons. The van der Waals surface area contributed by atoms with Crippen molar-refractivity contribution in [3.63, 3.8) is 0 Å². The highest BCUT2D eigenvalue weighted by molar-refractivity contribution is 5.64. The van der Waals surface area contributed by atoms with Gasteiger partial charge in [-0.1, -0.05) is 0 Å². The van der Waals surface area contributed by atoms with Crippen LogP contribution >= 0.6 is 0 Å². The van der Waals surface area contributed by atoms with Gasteiger partial charge in [-0.15, -0.1) is 5.10 Å². The van der Waals surface area contributed by atoms with Gasteiger partial charge in [0.05, 0.1) is 0 Å². The minimum Gasteiger partial charge on any atom is -0.307 e. The fraction of sp³-hybridized carbons (Fsp3) is 0. The molecule has 0 aliphatic carbocycles. The molecule has 0 aliphatic rings. The zero-order valence-corrected chi connectivity index (χ0v) is 9.79. The van der Waals surface area contributed by atoms with Crippen molar-refractivity contribution < 1.29 is 8.78 Å². The molecular weight excluding hydrogens is 248 g/mol.